The van der Waals surface area contributed by atoms with Gasteiger partial charge in [-0.25, -0.2) is 4.99 Å². The van der Waals surface area contributed by atoms with E-state index >= 15 is 0 Å². The molecule has 0 unspecified atom stereocenters. The fraction of sp³-hybridized carbons (Fsp3) is 0.0526. The molecule has 3 rings (SSSR count). The van der Waals surface area contributed by atoms with E-state index in [1.807, 2.05) is 24.3 Å². The molecule has 0 heterocycles. The molecule has 23 heavy (non-hydrogen) atoms. The van der Waals surface area contributed by atoms with Gasteiger partial charge in [-0.2, -0.15) is 0 Å². The maximum absolute atomic E-state index is 12.4. The Bertz CT molecular complexity index is 858. The fourth-order valence-corrected chi connectivity index (χ4v) is 2.40. The van der Waals surface area contributed by atoms with Crippen LogP contribution in [0.25, 0.3) is 0 Å². The highest BCUT2D eigenvalue weighted by Gasteiger charge is 2.25. The van der Waals surface area contributed by atoms with Gasteiger partial charge in [0.25, 0.3) is 0 Å². The second kappa shape index (κ2) is 6.51. The molecule has 0 amide bonds. The summed E-state index contributed by atoms with van der Waals surface area (Å²) < 4.78 is 5.36. The predicted octanol–water partition coefficient (Wildman–Crippen LogP) is 4.19. The number of halogens is 1. The van der Waals surface area contributed by atoms with Gasteiger partial charge in [-0.1, -0.05) is 41.8 Å². The van der Waals surface area contributed by atoms with Gasteiger partial charge in [0, 0.05) is 22.2 Å². The van der Waals surface area contributed by atoms with E-state index in [1.165, 1.54) is 0 Å². The van der Waals surface area contributed by atoms with Crippen LogP contribution in [0.2, 0.25) is 5.02 Å². The molecule has 1 aliphatic carbocycles. The third kappa shape index (κ3) is 3.18. The summed E-state index contributed by atoms with van der Waals surface area (Å²) in [5.41, 5.74) is 2.70. The van der Waals surface area contributed by atoms with Crippen LogP contribution in [0.3, 0.4) is 0 Å². The average Bonchev–Trinajstić information content (AvgIpc) is 2.58. The fourth-order valence-electron chi connectivity index (χ4n) is 2.28. The van der Waals surface area contributed by atoms with Gasteiger partial charge in [-0.15, -0.1) is 6.42 Å². The van der Waals surface area contributed by atoms with Crippen molar-refractivity contribution in [1.29, 1.82) is 0 Å². The second-order valence-electron chi connectivity index (χ2n) is 4.85. The van der Waals surface area contributed by atoms with Crippen LogP contribution in [0.4, 0.5) is 5.69 Å². The Kier molecular flexibility index (Phi) is 4.27. The van der Waals surface area contributed by atoms with Gasteiger partial charge in [0.05, 0.1) is 11.4 Å². The highest BCUT2D eigenvalue weighted by atomic mass is 35.5. The van der Waals surface area contributed by atoms with Crippen molar-refractivity contribution in [1.82, 2.24) is 0 Å². The Morgan fingerprint density at radius 1 is 1.09 bits per heavy atom. The number of terminal acetylenes is 1. The molecule has 0 bridgehead atoms. The lowest BCUT2D eigenvalue weighted by molar-refractivity contribution is 0.0937. The van der Waals surface area contributed by atoms with E-state index in [9.17, 15) is 4.79 Å². The molecule has 0 N–H and O–H groups in total. The molecule has 0 saturated carbocycles. The first-order chi connectivity index (χ1) is 11.2. The minimum atomic E-state index is -0.189. The van der Waals surface area contributed by atoms with Crippen molar-refractivity contribution in [2.45, 2.75) is 0 Å². The van der Waals surface area contributed by atoms with E-state index in [1.54, 1.807) is 30.3 Å². The molecule has 0 spiro atoms. The summed E-state index contributed by atoms with van der Waals surface area (Å²) in [6.07, 6.45) is 6.82. The van der Waals surface area contributed by atoms with E-state index in [2.05, 4.69) is 10.9 Å². The van der Waals surface area contributed by atoms with Crippen LogP contribution in [-0.4, -0.2) is 18.1 Å². The van der Waals surface area contributed by atoms with Crippen LogP contribution in [0.5, 0.6) is 0 Å². The van der Waals surface area contributed by atoms with Crippen molar-refractivity contribution in [3.63, 3.8) is 0 Å². The first kappa shape index (κ1) is 15.1. The highest BCUT2D eigenvalue weighted by molar-refractivity contribution is 6.30. The quantitative estimate of drug-likeness (QED) is 0.795. The number of ketones is 1. The maximum atomic E-state index is 12.4. The summed E-state index contributed by atoms with van der Waals surface area (Å²) in [7, 11) is 0. The number of carbonyl (C=O) groups excluding carboxylic acids is 1. The Hall–Kier alpha value is -2.83. The molecule has 112 valence electrons. The molecule has 0 fully saturated rings. The summed E-state index contributed by atoms with van der Waals surface area (Å²) in [5.74, 6) is 2.37. The van der Waals surface area contributed by atoms with Crippen molar-refractivity contribution < 1.29 is 9.53 Å². The number of allylic oxidation sites excluding steroid dienone is 2. The van der Waals surface area contributed by atoms with E-state index in [4.69, 9.17) is 22.8 Å². The number of rotatable bonds is 3. The summed E-state index contributed by atoms with van der Waals surface area (Å²) in [6.45, 7) is 0.0357. The molecule has 2 aromatic carbocycles. The molecule has 0 aliphatic heterocycles. The van der Waals surface area contributed by atoms with Crippen LogP contribution in [0, 0.1) is 12.3 Å². The van der Waals surface area contributed by atoms with Crippen LogP contribution < -0.4 is 0 Å². The number of nitrogens with zero attached hydrogens (tertiary/aromatic N) is 1. The number of fused-ring (bicyclic) bond motifs is 1. The minimum Gasteiger partial charge on any atom is -0.477 e. The zero-order chi connectivity index (χ0) is 16.2. The van der Waals surface area contributed by atoms with Gasteiger partial charge in [0.1, 0.15) is 6.61 Å². The summed E-state index contributed by atoms with van der Waals surface area (Å²) in [5, 5.41) is 0.641. The first-order valence-electron chi connectivity index (χ1n) is 6.95. The van der Waals surface area contributed by atoms with Crippen molar-refractivity contribution in [2.75, 3.05) is 6.61 Å². The van der Waals surface area contributed by atoms with Crippen molar-refractivity contribution in [2.24, 2.45) is 4.99 Å². The van der Waals surface area contributed by atoms with E-state index in [0.29, 0.717) is 16.3 Å². The topological polar surface area (TPSA) is 38.7 Å². The molecule has 0 aromatic heterocycles. The largest absolute Gasteiger partial charge is 0.477 e. The van der Waals surface area contributed by atoms with Gasteiger partial charge in [-0.05, 0) is 24.3 Å². The molecule has 3 nitrogen and oxygen atoms in total. The first-order valence-corrected chi connectivity index (χ1v) is 7.33. The van der Waals surface area contributed by atoms with Gasteiger partial charge in [-0.3, -0.25) is 4.79 Å². The van der Waals surface area contributed by atoms with Crippen molar-refractivity contribution >= 4 is 28.8 Å². The highest BCUT2D eigenvalue weighted by Crippen LogP contribution is 2.25. The second-order valence-corrected chi connectivity index (χ2v) is 5.29. The Morgan fingerprint density at radius 2 is 1.78 bits per heavy atom. The average molecular weight is 322 g/mol. The lowest BCUT2D eigenvalue weighted by atomic mass is 9.93. The van der Waals surface area contributed by atoms with E-state index in [-0.39, 0.29) is 18.1 Å². The molecular formula is C19H12ClNO2. The van der Waals surface area contributed by atoms with Crippen LogP contribution in [0.15, 0.2) is 65.4 Å². The Labute approximate surface area is 139 Å². The summed E-state index contributed by atoms with van der Waals surface area (Å²) in [6, 6.07) is 14.4. The zero-order valence-electron chi connectivity index (χ0n) is 12.1. The SMILES string of the molecule is C#CCOC1=CC(=Nc2ccc(Cl)cc2)c2ccccc2C1=O. The van der Waals surface area contributed by atoms with Gasteiger partial charge < -0.3 is 4.74 Å². The van der Waals surface area contributed by atoms with Crippen LogP contribution in [-0.2, 0) is 4.74 Å². The number of aliphatic imine (C=N–C) groups is 1. The molecule has 0 saturated heterocycles. The number of carbonyl (C=O) groups is 1. The maximum Gasteiger partial charge on any atom is 0.228 e. The number of ether oxygens (including phenoxy) is 1. The number of hydrogen-bond donors (Lipinski definition) is 0. The smallest absolute Gasteiger partial charge is 0.228 e. The molecule has 1 aliphatic rings. The lowest BCUT2D eigenvalue weighted by Crippen LogP contribution is -2.19. The summed E-state index contributed by atoms with van der Waals surface area (Å²) in [4.78, 5) is 17.0. The van der Waals surface area contributed by atoms with Crippen molar-refractivity contribution in [3.05, 3.63) is 76.5 Å². The lowest BCUT2D eigenvalue weighted by Gasteiger charge is -2.17. The molecule has 0 atom stereocenters. The monoisotopic (exact) mass is 321 g/mol. The minimum absolute atomic E-state index is 0.0357. The molecular weight excluding hydrogens is 310 g/mol. The zero-order valence-corrected chi connectivity index (χ0v) is 12.9. The van der Waals surface area contributed by atoms with Crippen molar-refractivity contribution in [3.8, 4) is 12.3 Å². The summed E-state index contributed by atoms with van der Waals surface area (Å²) >= 11 is 5.89. The number of hydrogen-bond acceptors (Lipinski definition) is 3. The Balaban J connectivity index is 2.08. The molecule has 0 radical (unpaired) electrons. The third-order valence-electron chi connectivity index (χ3n) is 3.33. The Morgan fingerprint density at radius 3 is 2.48 bits per heavy atom. The van der Waals surface area contributed by atoms with E-state index < -0.39 is 0 Å². The van der Waals surface area contributed by atoms with Crippen LogP contribution in [0.1, 0.15) is 15.9 Å². The molecule has 4 heteroatoms. The molecule has 2 aromatic rings. The van der Waals surface area contributed by atoms with Crippen LogP contribution >= 0.6 is 11.6 Å². The predicted molar refractivity (Wildman–Crippen MR) is 91.3 cm³/mol. The van der Waals surface area contributed by atoms with Gasteiger partial charge in [0.15, 0.2) is 5.76 Å². The number of benzene rings is 2. The third-order valence-corrected chi connectivity index (χ3v) is 3.58. The van der Waals surface area contributed by atoms with Gasteiger partial charge >= 0.3 is 0 Å². The van der Waals surface area contributed by atoms with E-state index in [0.717, 1.165) is 11.3 Å². The standard InChI is InChI=1S/C19H12ClNO2/c1-2-11-23-18-12-17(21-14-9-7-13(20)8-10-14)15-5-3-4-6-16(15)19(18)22/h1,3-10,12H,11H2. The number of Topliss-reactive ketones (excluding diaryl/α,β-unsaturated/α-hetero) is 1. The normalized spacial score (nSPS) is 14.9. The van der Waals surface area contributed by atoms with Gasteiger partial charge in [0.2, 0.25) is 5.78 Å².